The Morgan fingerprint density at radius 3 is 1.65 bits per heavy atom. The van der Waals surface area contributed by atoms with E-state index in [-0.39, 0.29) is 0 Å². The highest BCUT2D eigenvalue weighted by Crippen LogP contribution is 2.46. The van der Waals surface area contributed by atoms with Gasteiger partial charge in [0.1, 0.15) is 11.2 Å². The number of anilines is 3. The number of furan rings is 1. The van der Waals surface area contributed by atoms with Crippen molar-refractivity contribution in [3.05, 3.63) is 224 Å². The zero-order valence-corrected chi connectivity index (χ0v) is 32.7. The van der Waals surface area contributed by atoms with Crippen LogP contribution in [0.5, 0.6) is 0 Å². The average molecular weight is 764 g/mol. The molecule has 0 aliphatic rings. The van der Waals surface area contributed by atoms with E-state index in [1.807, 2.05) is 0 Å². The molecule has 2 nitrogen and oxygen atoms in total. The molecule has 0 N–H and O–H groups in total. The molecule has 0 amide bonds. The van der Waals surface area contributed by atoms with Gasteiger partial charge in [0.05, 0.1) is 5.69 Å². The maximum absolute atomic E-state index is 6.57. The van der Waals surface area contributed by atoms with Crippen molar-refractivity contribution < 1.29 is 4.42 Å². The van der Waals surface area contributed by atoms with E-state index in [2.05, 4.69) is 229 Å². The van der Waals surface area contributed by atoms with Gasteiger partial charge in [0, 0.05) is 27.7 Å². The number of nitrogens with zero attached hydrogens (tertiary/aromatic N) is 1. The van der Waals surface area contributed by atoms with Gasteiger partial charge in [0.15, 0.2) is 0 Å². The Labute approximate surface area is 347 Å². The molecule has 0 aliphatic heterocycles. The molecule has 1 aromatic heterocycles. The van der Waals surface area contributed by atoms with Crippen LogP contribution in [-0.2, 0) is 0 Å². The lowest BCUT2D eigenvalue weighted by molar-refractivity contribution is 0.669. The van der Waals surface area contributed by atoms with E-state index in [4.69, 9.17) is 4.42 Å². The predicted molar refractivity (Wildman–Crippen MR) is 255 cm³/mol. The monoisotopic (exact) mass is 763 g/mol. The first-order valence-electron chi connectivity index (χ1n) is 20.6. The maximum Gasteiger partial charge on any atom is 0.136 e. The van der Waals surface area contributed by atoms with E-state index in [0.29, 0.717) is 0 Å². The number of fused-ring (bicyclic) bond motifs is 8. The van der Waals surface area contributed by atoms with Crippen LogP contribution in [0.2, 0.25) is 0 Å². The molecule has 0 aliphatic carbocycles. The fourth-order valence-electron chi connectivity index (χ4n) is 9.32. The molecular formula is C58H37NO. The summed E-state index contributed by atoms with van der Waals surface area (Å²) in [6.45, 7) is 0. The van der Waals surface area contributed by atoms with Gasteiger partial charge in [0.25, 0.3) is 0 Å². The van der Waals surface area contributed by atoms with Crippen LogP contribution in [0.4, 0.5) is 17.1 Å². The molecule has 0 bridgehead atoms. The highest BCUT2D eigenvalue weighted by Gasteiger charge is 2.21. The fraction of sp³-hybridized carbons (Fsp3) is 0. The van der Waals surface area contributed by atoms with Gasteiger partial charge in [-0.1, -0.05) is 176 Å². The van der Waals surface area contributed by atoms with Crippen LogP contribution in [0.1, 0.15) is 0 Å². The summed E-state index contributed by atoms with van der Waals surface area (Å²) in [4.78, 5) is 2.41. The van der Waals surface area contributed by atoms with Crippen LogP contribution in [-0.4, -0.2) is 0 Å². The molecule has 0 spiro atoms. The van der Waals surface area contributed by atoms with E-state index in [9.17, 15) is 0 Å². The van der Waals surface area contributed by atoms with Crippen LogP contribution in [0.15, 0.2) is 229 Å². The fourth-order valence-corrected chi connectivity index (χ4v) is 9.32. The van der Waals surface area contributed by atoms with Crippen molar-refractivity contribution in [1.29, 1.82) is 0 Å². The van der Waals surface area contributed by atoms with Crippen LogP contribution in [0.25, 0.3) is 98.4 Å². The largest absolute Gasteiger partial charge is 0.456 e. The highest BCUT2D eigenvalue weighted by atomic mass is 16.3. The molecule has 0 saturated heterocycles. The number of hydrogen-bond acceptors (Lipinski definition) is 2. The molecule has 0 atom stereocenters. The summed E-state index contributed by atoms with van der Waals surface area (Å²) < 4.78 is 6.57. The van der Waals surface area contributed by atoms with Crippen LogP contribution in [0, 0.1) is 0 Å². The normalized spacial score (nSPS) is 11.7. The first-order valence-corrected chi connectivity index (χ1v) is 20.6. The standard InChI is InChI=1S/C58H37NO/c1-2-14-44-37-57-54(36-43(44)13-1)58-53(20-10-22-56(58)60-57)52-18-7-8-21-55(52)59(47-33-34-51-45(35-47)28-27-41-12-4-6-17-49(41)51)46-31-29-39(30-32-46)38-23-25-42(26-24-38)50-19-9-15-40-11-3-5-16-48(40)50/h1-37H. The Balaban J connectivity index is 1.00. The summed E-state index contributed by atoms with van der Waals surface area (Å²) in [6.07, 6.45) is 0. The molecule has 11 aromatic carbocycles. The van der Waals surface area contributed by atoms with Crippen molar-refractivity contribution in [3.63, 3.8) is 0 Å². The van der Waals surface area contributed by atoms with E-state index in [1.165, 1.54) is 65.3 Å². The van der Waals surface area contributed by atoms with E-state index in [1.54, 1.807) is 0 Å². The Kier molecular flexibility index (Phi) is 7.89. The summed E-state index contributed by atoms with van der Waals surface area (Å²) in [7, 11) is 0. The molecule has 0 unspecified atom stereocenters. The van der Waals surface area contributed by atoms with Gasteiger partial charge < -0.3 is 9.32 Å². The minimum absolute atomic E-state index is 0.882. The molecule has 60 heavy (non-hydrogen) atoms. The summed E-state index contributed by atoms with van der Waals surface area (Å²) in [5.41, 5.74) is 12.1. The van der Waals surface area contributed by atoms with Gasteiger partial charge in [-0.3, -0.25) is 0 Å². The first kappa shape index (κ1) is 34.1. The number of para-hydroxylation sites is 1. The molecule has 12 aromatic rings. The Morgan fingerprint density at radius 1 is 0.283 bits per heavy atom. The molecule has 2 heteroatoms. The minimum Gasteiger partial charge on any atom is -0.456 e. The average Bonchev–Trinajstić information content (AvgIpc) is 3.68. The Bertz CT molecular complexity index is 3590. The van der Waals surface area contributed by atoms with Crippen molar-refractivity contribution in [1.82, 2.24) is 0 Å². The number of rotatable bonds is 6. The van der Waals surface area contributed by atoms with E-state index in [0.717, 1.165) is 50.1 Å². The van der Waals surface area contributed by atoms with E-state index >= 15 is 0 Å². The molecule has 1 heterocycles. The van der Waals surface area contributed by atoms with E-state index < -0.39 is 0 Å². The minimum atomic E-state index is 0.882. The van der Waals surface area contributed by atoms with Crippen LogP contribution < -0.4 is 4.90 Å². The third kappa shape index (κ3) is 5.65. The third-order valence-corrected chi connectivity index (χ3v) is 12.2. The second kappa shape index (κ2) is 13.9. The highest BCUT2D eigenvalue weighted by molar-refractivity contribution is 6.17. The smallest absolute Gasteiger partial charge is 0.136 e. The molecule has 0 fully saturated rings. The Hall–Kier alpha value is -7.94. The van der Waals surface area contributed by atoms with Crippen molar-refractivity contribution in [2.45, 2.75) is 0 Å². The molecular weight excluding hydrogens is 727 g/mol. The summed E-state index contributed by atoms with van der Waals surface area (Å²) in [5, 5.41) is 12.1. The second-order valence-corrected chi connectivity index (χ2v) is 15.7. The summed E-state index contributed by atoms with van der Waals surface area (Å²) >= 11 is 0. The topological polar surface area (TPSA) is 16.4 Å². The van der Waals surface area contributed by atoms with Crippen LogP contribution in [0.3, 0.4) is 0 Å². The quantitative estimate of drug-likeness (QED) is 0.157. The zero-order valence-electron chi connectivity index (χ0n) is 32.7. The molecule has 12 rings (SSSR count). The lowest BCUT2D eigenvalue weighted by atomic mass is 9.95. The number of benzene rings is 11. The van der Waals surface area contributed by atoms with Gasteiger partial charge >= 0.3 is 0 Å². The lowest BCUT2D eigenvalue weighted by Crippen LogP contribution is -2.11. The van der Waals surface area contributed by atoms with Crippen molar-refractivity contribution in [3.8, 4) is 33.4 Å². The Morgan fingerprint density at radius 2 is 0.833 bits per heavy atom. The molecule has 0 radical (unpaired) electrons. The predicted octanol–water partition coefficient (Wildman–Crippen LogP) is 16.7. The van der Waals surface area contributed by atoms with Crippen molar-refractivity contribution >= 4 is 82.1 Å². The lowest BCUT2D eigenvalue weighted by Gasteiger charge is -2.28. The second-order valence-electron chi connectivity index (χ2n) is 15.7. The summed E-state index contributed by atoms with van der Waals surface area (Å²) in [6, 6.07) is 81.3. The first-order chi connectivity index (χ1) is 29.7. The van der Waals surface area contributed by atoms with Gasteiger partial charge in [-0.15, -0.1) is 0 Å². The number of hydrogen-bond donors (Lipinski definition) is 0. The zero-order chi connectivity index (χ0) is 39.6. The molecule has 0 saturated carbocycles. The van der Waals surface area contributed by atoms with Crippen molar-refractivity contribution in [2.24, 2.45) is 0 Å². The van der Waals surface area contributed by atoms with Gasteiger partial charge in [-0.2, -0.15) is 0 Å². The van der Waals surface area contributed by atoms with Gasteiger partial charge in [0.2, 0.25) is 0 Å². The van der Waals surface area contributed by atoms with Crippen LogP contribution >= 0.6 is 0 Å². The van der Waals surface area contributed by atoms with Gasteiger partial charge in [-0.25, -0.2) is 0 Å². The van der Waals surface area contributed by atoms with Gasteiger partial charge in [-0.05, 0) is 119 Å². The SMILES string of the molecule is c1ccc(N(c2ccc(-c3ccc(-c4cccc5ccccc45)cc3)cc2)c2ccc3c(ccc4ccccc43)c2)c(-c2cccc3oc4cc5ccccc5cc4c23)c1. The van der Waals surface area contributed by atoms with Crippen molar-refractivity contribution in [2.75, 3.05) is 4.90 Å². The third-order valence-electron chi connectivity index (χ3n) is 12.2. The maximum atomic E-state index is 6.57. The summed E-state index contributed by atoms with van der Waals surface area (Å²) in [5.74, 6) is 0. The molecule has 280 valence electrons.